The predicted molar refractivity (Wildman–Crippen MR) is 96.9 cm³/mol. The molecule has 0 unspecified atom stereocenters. The van der Waals surface area contributed by atoms with Crippen LogP contribution in [0.4, 0.5) is 11.4 Å². The van der Waals surface area contributed by atoms with E-state index in [0.717, 1.165) is 0 Å². The van der Waals surface area contributed by atoms with Gasteiger partial charge in [0.15, 0.2) is 11.5 Å². The molecule has 1 N–H and O–H groups in total. The molecule has 0 fully saturated rings. The number of nitrogens with one attached hydrogen (secondary N) is 1. The van der Waals surface area contributed by atoms with Gasteiger partial charge in [-0.3, -0.25) is 14.9 Å². The van der Waals surface area contributed by atoms with E-state index < -0.39 is 4.92 Å². The van der Waals surface area contributed by atoms with Gasteiger partial charge in [-0.15, -0.1) is 0 Å². The van der Waals surface area contributed by atoms with Gasteiger partial charge in [0.2, 0.25) is 11.7 Å². The second kappa shape index (κ2) is 8.52. The Hall–Kier alpha value is -3.55. The summed E-state index contributed by atoms with van der Waals surface area (Å²) in [6.45, 7) is 0. The van der Waals surface area contributed by atoms with Crippen molar-refractivity contribution in [3.05, 3.63) is 58.2 Å². The van der Waals surface area contributed by atoms with Crippen LogP contribution in [0.15, 0.2) is 42.5 Å². The fourth-order valence-corrected chi connectivity index (χ4v) is 2.22. The standard InChI is InChI=1S/C18H18N2O6/c1-24-15-10-13(11-16(25-2)18(15)26-3)19-17(21)9-6-12-4-7-14(8-5-12)20(22)23/h4-11H,1-3H3,(H,19,21)/b9-6+. The predicted octanol–water partition coefficient (Wildman–Crippen LogP) is 3.27. The number of nitro groups is 1. The summed E-state index contributed by atoms with van der Waals surface area (Å²) < 4.78 is 15.7. The largest absolute Gasteiger partial charge is 0.493 e. The summed E-state index contributed by atoms with van der Waals surface area (Å²) in [5.41, 5.74) is 1.12. The van der Waals surface area contributed by atoms with Gasteiger partial charge in [0.25, 0.3) is 5.69 Å². The molecule has 0 saturated carbocycles. The number of nitrogens with zero attached hydrogens (tertiary/aromatic N) is 1. The van der Waals surface area contributed by atoms with Crippen molar-refractivity contribution in [3.63, 3.8) is 0 Å². The minimum atomic E-state index is -0.481. The van der Waals surface area contributed by atoms with Crippen LogP contribution in [0.5, 0.6) is 17.2 Å². The highest BCUT2D eigenvalue weighted by Crippen LogP contribution is 2.39. The summed E-state index contributed by atoms with van der Waals surface area (Å²) in [6, 6.07) is 9.08. The van der Waals surface area contributed by atoms with Gasteiger partial charge in [0.05, 0.1) is 26.3 Å². The minimum Gasteiger partial charge on any atom is -0.493 e. The molecule has 1 amide bonds. The molecule has 0 aliphatic rings. The van der Waals surface area contributed by atoms with Crippen LogP contribution in [0.1, 0.15) is 5.56 Å². The molecule has 0 spiro atoms. The van der Waals surface area contributed by atoms with Crippen LogP contribution in [-0.2, 0) is 4.79 Å². The minimum absolute atomic E-state index is 0.0102. The summed E-state index contributed by atoms with van der Waals surface area (Å²) in [5, 5.41) is 13.3. The van der Waals surface area contributed by atoms with Gasteiger partial charge in [-0.25, -0.2) is 0 Å². The number of carbonyl (C=O) groups excluding carboxylic acids is 1. The Morgan fingerprint density at radius 3 is 2.08 bits per heavy atom. The van der Waals surface area contributed by atoms with Crippen LogP contribution in [0.25, 0.3) is 6.08 Å². The Balaban J connectivity index is 2.13. The lowest BCUT2D eigenvalue weighted by Crippen LogP contribution is -2.08. The molecule has 8 nitrogen and oxygen atoms in total. The van der Waals surface area contributed by atoms with Crippen molar-refractivity contribution >= 4 is 23.4 Å². The van der Waals surface area contributed by atoms with Crippen LogP contribution in [0, 0.1) is 10.1 Å². The van der Waals surface area contributed by atoms with Crippen LogP contribution in [0.3, 0.4) is 0 Å². The van der Waals surface area contributed by atoms with Gasteiger partial charge in [-0.1, -0.05) is 0 Å². The molecule has 8 heteroatoms. The van der Waals surface area contributed by atoms with Crippen LogP contribution >= 0.6 is 0 Å². The Morgan fingerprint density at radius 2 is 1.62 bits per heavy atom. The van der Waals surface area contributed by atoms with Crippen molar-refractivity contribution < 1.29 is 23.9 Å². The number of anilines is 1. The molecule has 0 bridgehead atoms. The van der Waals surface area contributed by atoms with E-state index in [1.165, 1.54) is 39.5 Å². The summed E-state index contributed by atoms with van der Waals surface area (Å²) in [4.78, 5) is 22.2. The normalized spacial score (nSPS) is 10.4. The summed E-state index contributed by atoms with van der Waals surface area (Å²) >= 11 is 0. The van der Waals surface area contributed by atoms with Crippen molar-refractivity contribution in [1.29, 1.82) is 0 Å². The molecular weight excluding hydrogens is 340 g/mol. The van der Waals surface area contributed by atoms with Gasteiger partial charge in [-0.2, -0.15) is 0 Å². The van der Waals surface area contributed by atoms with Gasteiger partial charge in [0, 0.05) is 36.0 Å². The van der Waals surface area contributed by atoms with E-state index in [1.807, 2.05) is 0 Å². The van der Waals surface area contributed by atoms with E-state index in [2.05, 4.69) is 5.32 Å². The molecule has 26 heavy (non-hydrogen) atoms. The lowest BCUT2D eigenvalue weighted by molar-refractivity contribution is -0.384. The van der Waals surface area contributed by atoms with Crippen LogP contribution in [-0.4, -0.2) is 32.2 Å². The fourth-order valence-electron chi connectivity index (χ4n) is 2.22. The number of hydrogen-bond donors (Lipinski definition) is 1. The van der Waals surface area contributed by atoms with E-state index in [0.29, 0.717) is 28.5 Å². The zero-order chi connectivity index (χ0) is 19.1. The van der Waals surface area contributed by atoms with Crippen molar-refractivity contribution in [2.24, 2.45) is 0 Å². The van der Waals surface area contributed by atoms with E-state index in [9.17, 15) is 14.9 Å². The first kappa shape index (κ1) is 18.8. The molecule has 0 aliphatic carbocycles. The zero-order valence-corrected chi connectivity index (χ0v) is 14.5. The van der Waals surface area contributed by atoms with E-state index in [-0.39, 0.29) is 11.6 Å². The molecule has 0 radical (unpaired) electrons. The smallest absolute Gasteiger partial charge is 0.269 e. The van der Waals surface area contributed by atoms with Crippen molar-refractivity contribution in [2.75, 3.05) is 26.6 Å². The van der Waals surface area contributed by atoms with Crippen molar-refractivity contribution in [2.45, 2.75) is 0 Å². The van der Waals surface area contributed by atoms with Gasteiger partial charge < -0.3 is 19.5 Å². The number of carbonyl (C=O) groups is 1. The number of nitro benzene ring substituents is 1. The number of benzene rings is 2. The van der Waals surface area contributed by atoms with E-state index in [4.69, 9.17) is 14.2 Å². The number of amides is 1. The lowest BCUT2D eigenvalue weighted by Gasteiger charge is -2.14. The average molecular weight is 358 g/mol. The summed E-state index contributed by atoms with van der Waals surface area (Å²) in [5.74, 6) is 0.884. The molecule has 0 heterocycles. The molecule has 0 saturated heterocycles. The Kier molecular flexibility index (Phi) is 6.15. The monoisotopic (exact) mass is 358 g/mol. The first-order valence-electron chi connectivity index (χ1n) is 7.52. The third-order valence-corrected chi connectivity index (χ3v) is 3.46. The van der Waals surface area contributed by atoms with E-state index >= 15 is 0 Å². The Bertz CT molecular complexity index is 805. The van der Waals surface area contributed by atoms with Crippen LogP contribution in [0.2, 0.25) is 0 Å². The van der Waals surface area contributed by atoms with Gasteiger partial charge in [0.1, 0.15) is 0 Å². The van der Waals surface area contributed by atoms with Gasteiger partial charge >= 0.3 is 0 Å². The first-order chi connectivity index (χ1) is 12.5. The Labute approximate surface area is 150 Å². The maximum Gasteiger partial charge on any atom is 0.269 e. The van der Waals surface area contributed by atoms with Gasteiger partial charge in [-0.05, 0) is 23.8 Å². The highest BCUT2D eigenvalue weighted by Gasteiger charge is 2.13. The second-order valence-electron chi connectivity index (χ2n) is 5.09. The Morgan fingerprint density at radius 1 is 1.04 bits per heavy atom. The molecular formula is C18H18N2O6. The maximum absolute atomic E-state index is 12.1. The quantitative estimate of drug-likeness (QED) is 0.463. The molecule has 2 rings (SSSR count). The molecule has 2 aromatic rings. The zero-order valence-electron chi connectivity index (χ0n) is 14.5. The number of non-ortho nitro benzene ring substituents is 1. The maximum atomic E-state index is 12.1. The first-order valence-corrected chi connectivity index (χ1v) is 7.52. The highest BCUT2D eigenvalue weighted by molar-refractivity contribution is 6.02. The highest BCUT2D eigenvalue weighted by atomic mass is 16.6. The SMILES string of the molecule is COc1cc(NC(=O)/C=C/c2ccc([N+](=O)[O-])cc2)cc(OC)c1OC. The van der Waals surface area contributed by atoms with Crippen molar-refractivity contribution in [3.8, 4) is 17.2 Å². The lowest BCUT2D eigenvalue weighted by atomic mass is 10.2. The number of rotatable bonds is 7. The third kappa shape index (κ3) is 4.50. The summed E-state index contributed by atoms with van der Waals surface area (Å²) in [6.07, 6.45) is 2.88. The summed E-state index contributed by atoms with van der Waals surface area (Å²) in [7, 11) is 4.46. The second-order valence-corrected chi connectivity index (χ2v) is 5.09. The average Bonchev–Trinajstić information content (AvgIpc) is 2.65. The molecule has 2 aromatic carbocycles. The number of methoxy groups -OCH3 is 3. The molecule has 0 atom stereocenters. The third-order valence-electron chi connectivity index (χ3n) is 3.46. The van der Waals surface area contributed by atoms with E-state index in [1.54, 1.807) is 30.3 Å². The number of ether oxygens (including phenoxy) is 3. The molecule has 136 valence electrons. The topological polar surface area (TPSA) is 99.9 Å². The van der Waals surface area contributed by atoms with Crippen LogP contribution < -0.4 is 19.5 Å². The van der Waals surface area contributed by atoms with Crippen molar-refractivity contribution in [1.82, 2.24) is 0 Å². The molecule has 0 aliphatic heterocycles. The molecule has 0 aromatic heterocycles. The fraction of sp³-hybridized carbons (Fsp3) is 0.167. The number of hydrogen-bond acceptors (Lipinski definition) is 6.